The lowest BCUT2D eigenvalue weighted by atomic mass is 9.74. The molecule has 7 nitrogen and oxygen atoms in total. The van der Waals surface area contributed by atoms with Gasteiger partial charge in [0.2, 0.25) is 17.7 Å². The molecular weight excluding hydrogens is 486 g/mol. The van der Waals surface area contributed by atoms with Gasteiger partial charge in [-0.3, -0.25) is 14.4 Å². The number of thioether (sulfide) groups is 1. The fourth-order valence-corrected chi connectivity index (χ4v) is 9.61. The third-order valence-electron chi connectivity index (χ3n) is 9.01. The first-order valence-electron chi connectivity index (χ1n) is 13.5. The highest BCUT2D eigenvalue weighted by Gasteiger charge is 2.74. The highest BCUT2D eigenvalue weighted by atomic mass is 32.2. The molecule has 0 bridgehead atoms. The van der Waals surface area contributed by atoms with Crippen LogP contribution < -0.4 is 4.90 Å². The van der Waals surface area contributed by atoms with Crippen molar-refractivity contribution in [2.45, 2.75) is 60.6 Å². The van der Waals surface area contributed by atoms with Gasteiger partial charge in [-0.2, -0.15) is 0 Å². The summed E-state index contributed by atoms with van der Waals surface area (Å²) in [5.41, 5.74) is 0.803. The number of fused-ring (bicyclic) bond motifs is 2. The zero-order chi connectivity index (χ0) is 25.8. The highest BCUT2D eigenvalue weighted by molar-refractivity contribution is 8.02. The van der Waals surface area contributed by atoms with E-state index in [0.717, 1.165) is 31.4 Å². The molecule has 5 aliphatic rings. The topological polar surface area (TPSA) is 81.2 Å². The second-order valence-corrected chi connectivity index (χ2v) is 12.9. The molecule has 196 valence electrons. The first-order valence-corrected chi connectivity index (χ1v) is 14.4. The van der Waals surface area contributed by atoms with E-state index in [2.05, 4.69) is 18.2 Å². The molecule has 5 atom stereocenters. The number of hydrogen-bond donors (Lipinski definition) is 1. The molecule has 37 heavy (non-hydrogen) atoms. The molecular formula is C29H35N3O4S. The Labute approximate surface area is 222 Å². The van der Waals surface area contributed by atoms with Gasteiger partial charge in [-0.1, -0.05) is 61.8 Å². The number of β-amino-alcohol motifs (C(OH)–C–C–N with tert-alkyl or cyclic N) is 1. The summed E-state index contributed by atoms with van der Waals surface area (Å²) < 4.78 is -1.49. The predicted octanol–water partition coefficient (Wildman–Crippen LogP) is 3.00. The maximum atomic E-state index is 14.3. The lowest BCUT2D eigenvalue weighted by Gasteiger charge is -2.39. The van der Waals surface area contributed by atoms with Gasteiger partial charge in [-0.15, -0.1) is 11.8 Å². The molecule has 0 aromatic heterocycles. The van der Waals surface area contributed by atoms with E-state index in [1.54, 1.807) is 21.6 Å². The van der Waals surface area contributed by atoms with Crippen molar-refractivity contribution in [3.05, 3.63) is 54.6 Å². The zero-order valence-corrected chi connectivity index (χ0v) is 22.1. The lowest BCUT2D eigenvalue weighted by molar-refractivity contribution is -0.144. The number of aliphatic hydroxyl groups is 1. The maximum Gasteiger partial charge on any atom is 0.247 e. The number of carbonyl (C=O) groups excluding carboxylic acids is 3. The lowest BCUT2D eigenvalue weighted by Crippen LogP contribution is -2.56. The third kappa shape index (κ3) is 3.70. The molecule has 4 aliphatic heterocycles. The van der Waals surface area contributed by atoms with E-state index < -0.39 is 27.4 Å². The van der Waals surface area contributed by atoms with Crippen LogP contribution in [0.15, 0.2) is 54.6 Å². The minimum Gasteiger partial charge on any atom is -0.395 e. The average Bonchev–Trinajstić information content (AvgIpc) is 3.16. The number of aliphatic hydroxyl groups excluding tert-OH is 1. The predicted molar refractivity (Wildman–Crippen MR) is 144 cm³/mol. The van der Waals surface area contributed by atoms with Crippen LogP contribution >= 0.6 is 11.8 Å². The number of para-hydroxylation sites is 1. The van der Waals surface area contributed by atoms with Gasteiger partial charge >= 0.3 is 0 Å². The third-order valence-corrected chi connectivity index (χ3v) is 10.8. The van der Waals surface area contributed by atoms with Crippen LogP contribution in [0.2, 0.25) is 0 Å². The molecule has 3 fully saturated rings. The van der Waals surface area contributed by atoms with Crippen LogP contribution in [0.5, 0.6) is 0 Å². The standard InChI is InChI=1S/C29H35N3O4S/c1-28-14-8-16-30(20-10-4-2-5-11-20)25(34)22(28)23-26(35)32(18-19-33)24-27(36)31(21-12-6-3-7-13-21)17-9-15-29(23,24)37-28/h2,4-5,8-11,14-15,21-24,33H,3,6-7,12-13,16-19H2,1H3/t22-,23-,24?,28+,29-/m0/s1. The Bertz CT molecular complexity index is 1150. The Kier molecular flexibility index (Phi) is 6.23. The number of carbonyl (C=O) groups is 3. The van der Waals surface area contributed by atoms with E-state index in [1.807, 2.05) is 48.2 Å². The summed E-state index contributed by atoms with van der Waals surface area (Å²) in [5, 5.41) is 9.91. The monoisotopic (exact) mass is 521 g/mol. The molecule has 8 heteroatoms. The summed E-state index contributed by atoms with van der Waals surface area (Å²) in [5.74, 6) is -1.60. The van der Waals surface area contributed by atoms with Gasteiger partial charge < -0.3 is 19.8 Å². The SMILES string of the molecule is C[C@@]12C=CCN(c3ccccc3)C(=O)[C@@H]1[C@H]1C(=O)N(CCO)C3C(=O)N(C4CCCCC4)CC=C[C@@]31S2. The Hall–Kier alpha value is -2.58. The van der Waals surface area contributed by atoms with Crippen molar-refractivity contribution in [3.63, 3.8) is 0 Å². The van der Waals surface area contributed by atoms with Crippen molar-refractivity contribution in [1.29, 1.82) is 0 Å². The van der Waals surface area contributed by atoms with Gasteiger partial charge in [0, 0.05) is 36.1 Å². The number of anilines is 1. The summed E-state index contributed by atoms with van der Waals surface area (Å²) in [4.78, 5) is 48.1. The number of hydrogen-bond acceptors (Lipinski definition) is 5. The quantitative estimate of drug-likeness (QED) is 0.616. The number of benzene rings is 1. The summed E-state index contributed by atoms with van der Waals surface area (Å²) in [6, 6.07) is 9.03. The maximum absolute atomic E-state index is 14.3. The zero-order valence-electron chi connectivity index (χ0n) is 21.3. The Morgan fingerprint density at radius 3 is 2.38 bits per heavy atom. The molecule has 2 saturated heterocycles. The molecule has 1 N–H and O–H groups in total. The molecule has 3 amide bonds. The van der Waals surface area contributed by atoms with Crippen molar-refractivity contribution in [2.75, 3.05) is 31.1 Å². The molecule has 1 aliphatic carbocycles. The van der Waals surface area contributed by atoms with Crippen molar-refractivity contribution in [1.82, 2.24) is 9.80 Å². The van der Waals surface area contributed by atoms with Crippen LogP contribution in [0.3, 0.4) is 0 Å². The minimum absolute atomic E-state index is 0.0369. The summed E-state index contributed by atoms with van der Waals surface area (Å²) in [6.45, 7) is 2.88. The largest absolute Gasteiger partial charge is 0.395 e. The number of nitrogens with zero attached hydrogens (tertiary/aromatic N) is 3. The van der Waals surface area contributed by atoms with Crippen molar-refractivity contribution >= 4 is 35.2 Å². The van der Waals surface area contributed by atoms with E-state index in [4.69, 9.17) is 0 Å². The second-order valence-electron chi connectivity index (χ2n) is 11.1. The first kappa shape index (κ1) is 24.7. The molecule has 1 aromatic rings. The normalized spacial score (nSPS) is 35.9. The van der Waals surface area contributed by atoms with Crippen LogP contribution in [0.1, 0.15) is 39.0 Å². The Morgan fingerprint density at radius 1 is 0.919 bits per heavy atom. The van der Waals surface area contributed by atoms with Crippen LogP contribution in [-0.4, -0.2) is 80.4 Å². The fourth-order valence-electron chi connectivity index (χ4n) is 7.45. The molecule has 1 saturated carbocycles. The van der Waals surface area contributed by atoms with E-state index >= 15 is 0 Å². The van der Waals surface area contributed by atoms with Gasteiger partial charge in [-0.25, -0.2) is 0 Å². The van der Waals surface area contributed by atoms with Gasteiger partial charge in [0.05, 0.1) is 23.2 Å². The smallest absolute Gasteiger partial charge is 0.247 e. The Morgan fingerprint density at radius 2 is 1.65 bits per heavy atom. The van der Waals surface area contributed by atoms with E-state index in [-0.39, 0.29) is 36.9 Å². The molecule has 6 rings (SSSR count). The van der Waals surface area contributed by atoms with E-state index in [1.165, 1.54) is 6.42 Å². The number of likely N-dealkylation sites (tertiary alicyclic amines) is 1. The van der Waals surface area contributed by atoms with Gasteiger partial charge in [-0.05, 0) is 31.9 Å². The molecule has 4 heterocycles. The van der Waals surface area contributed by atoms with Crippen molar-refractivity contribution in [2.24, 2.45) is 11.8 Å². The van der Waals surface area contributed by atoms with Crippen LogP contribution in [0.25, 0.3) is 0 Å². The second kappa shape index (κ2) is 9.31. The average molecular weight is 522 g/mol. The van der Waals surface area contributed by atoms with Gasteiger partial charge in [0.15, 0.2) is 0 Å². The summed E-state index contributed by atoms with van der Waals surface area (Å²) >= 11 is 1.60. The van der Waals surface area contributed by atoms with Gasteiger partial charge in [0.25, 0.3) is 0 Å². The summed E-state index contributed by atoms with van der Waals surface area (Å²) in [6.07, 6.45) is 13.6. The molecule has 0 radical (unpaired) electrons. The fraction of sp³-hybridized carbons (Fsp3) is 0.552. The van der Waals surface area contributed by atoms with Crippen LogP contribution in [-0.2, 0) is 14.4 Å². The highest BCUT2D eigenvalue weighted by Crippen LogP contribution is 2.65. The van der Waals surface area contributed by atoms with E-state index in [0.29, 0.717) is 13.1 Å². The van der Waals surface area contributed by atoms with Crippen LogP contribution in [0, 0.1) is 11.8 Å². The van der Waals surface area contributed by atoms with Gasteiger partial charge in [0.1, 0.15) is 6.04 Å². The van der Waals surface area contributed by atoms with E-state index in [9.17, 15) is 19.5 Å². The number of amides is 3. The molecule has 1 unspecified atom stereocenters. The van der Waals surface area contributed by atoms with Crippen molar-refractivity contribution in [3.8, 4) is 0 Å². The minimum atomic E-state index is -0.855. The van der Waals surface area contributed by atoms with Crippen molar-refractivity contribution < 1.29 is 19.5 Å². The first-order chi connectivity index (χ1) is 17.9. The molecule has 1 spiro atoms. The Balaban J connectivity index is 1.44. The molecule has 1 aromatic carbocycles. The number of rotatable bonds is 4. The summed E-state index contributed by atoms with van der Waals surface area (Å²) in [7, 11) is 0. The van der Waals surface area contributed by atoms with Crippen LogP contribution in [0.4, 0.5) is 5.69 Å².